The Morgan fingerprint density at radius 1 is 1.31 bits per heavy atom. The molecule has 0 spiro atoms. The van der Waals surface area contributed by atoms with Crippen LogP contribution in [0, 0.1) is 13.8 Å². The van der Waals surface area contributed by atoms with Crippen LogP contribution >= 0.6 is 0 Å². The number of rotatable bonds is 3. The van der Waals surface area contributed by atoms with Crippen LogP contribution in [0.2, 0.25) is 0 Å². The van der Waals surface area contributed by atoms with Crippen LogP contribution in [0.15, 0.2) is 12.1 Å². The molecule has 0 bridgehead atoms. The molecule has 0 atom stereocenters. The van der Waals surface area contributed by atoms with Gasteiger partial charge >= 0.3 is 0 Å². The number of hydrogen-bond acceptors (Lipinski definition) is 2. The normalized spacial score (nSPS) is 10.3. The summed E-state index contributed by atoms with van der Waals surface area (Å²) < 4.78 is 0. The van der Waals surface area contributed by atoms with Crippen molar-refractivity contribution in [2.24, 2.45) is 5.73 Å². The second kappa shape index (κ2) is 5.12. The first-order valence-corrected chi connectivity index (χ1v) is 5.58. The Hall–Kier alpha value is -1.35. The number of hydrogen-bond donors (Lipinski definition) is 1. The smallest absolute Gasteiger partial charge is 0.226 e. The van der Waals surface area contributed by atoms with Crippen LogP contribution in [0.5, 0.6) is 0 Å². The second-order valence-electron chi connectivity index (χ2n) is 4.08. The SMILES string of the molecule is CCC(=O)N(C)c1cc(C)c(C)cc1CN. The molecule has 3 nitrogen and oxygen atoms in total. The summed E-state index contributed by atoms with van der Waals surface area (Å²) in [5.74, 6) is 0.109. The molecule has 0 aliphatic carbocycles. The highest BCUT2D eigenvalue weighted by molar-refractivity contribution is 5.93. The van der Waals surface area contributed by atoms with Gasteiger partial charge in [-0.1, -0.05) is 13.0 Å². The molecule has 0 radical (unpaired) electrons. The summed E-state index contributed by atoms with van der Waals surface area (Å²) in [6, 6.07) is 4.09. The van der Waals surface area contributed by atoms with Crippen molar-refractivity contribution in [1.82, 2.24) is 0 Å². The van der Waals surface area contributed by atoms with Crippen molar-refractivity contribution in [2.45, 2.75) is 33.7 Å². The Labute approximate surface area is 97.2 Å². The summed E-state index contributed by atoms with van der Waals surface area (Å²) >= 11 is 0. The third-order valence-electron chi connectivity index (χ3n) is 2.95. The molecule has 1 rings (SSSR count). The van der Waals surface area contributed by atoms with Crippen LogP contribution in [-0.4, -0.2) is 13.0 Å². The predicted molar refractivity (Wildman–Crippen MR) is 67.5 cm³/mol. The molecule has 3 heteroatoms. The average molecular weight is 220 g/mol. The predicted octanol–water partition coefficient (Wildman–Crippen LogP) is 2.13. The first kappa shape index (κ1) is 12.7. The van der Waals surface area contributed by atoms with Crippen LogP contribution < -0.4 is 10.6 Å². The van der Waals surface area contributed by atoms with Crippen molar-refractivity contribution in [1.29, 1.82) is 0 Å². The van der Waals surface area contributed by atoms with E-state index in [-0.39, 0.29) is 5.91 Å². The lowest BCUT2D eigenvalue weighted by molar-refractivity contribution is -0.118. The number of aryl methyl sites for hydroxylation is 2. The number of carbonyl (C=O) groups is 1. The van der Waals surface area contributed by atoms with Crippen molar-refractivity contribution in [3.05, 3.63) is 28.8 Å². The lowest BCUT2D eigenvalue weighted by Crippen LogP contribution is -2.26. The summed E-state index contributed by atoms with van der Waals surface area (Å²) in [7, 11) is 1.80. The maximum atomic E-state index is 11.7. The topological polar surface area (TPSA) is 46.3 Å². The molecular weight excluding hydrogens is 200 g/mol. The number of nitrogens with two attached hydrogens (primary N) is 1. The van der Waals surface area contributed by atoms with Crippen molar-refractivity contribution >= 4 is 11.6 Å². The summed E-state index contributed by atoms with van der Waals surface area (Å²) in [4.78, 5) is 13.4. The van der Waals surface area contributed by atoms with Crippen molar-refractivity contribution in [2.75, 3.05) is 11.9 Å². The minimum absolute atomic E-state index is 0.109. The van der Waals surface area contributed by atoms with Gasteiger partial charge in [0.2, 0.25) is 5.91 Å². The highest BCUT2D eigenvalue weighted by Crippen LogP contribution is 2.24. The maximum absolute atomic E-state index is 11.7. The monoisotopic (exact) mass is 220 g/mol. The fourth-order valence-electron chi connectivity index (χ4n) is 1.71. The molecule has 1 aromatic rings. The van der Waals surface area contributed by atoms with E-state index < -0.39 is 0 Å². The van der Waals surface area contributed by atoms with E-state index in [0.717, 1.165) is 11.3 Å². The highest BCUT2D eigenvalue weighted by Gasteiger charge is 2.13. The van der Waals surface area contributed by atoms with Gasteiger partial charge in [0.05, 0.1) is 0 Å². The molecule has 1 amide bonds. The van der Waals surface area contributed by atoms with E-state index in [2.05, 4.69) is 13.0 Å². The average Bonchev–Trinajstić information content (AvgIpc) is 2.30. The van der Waals surface area contributed by atoms with Gasteiger partial charge in [-0.15, -0.1) is 0 Å². The molecule has 0 fully saturated rings. The van der Waals surface area contributed by atoms with Gasteiger partial charge in [-0.25, -0.2) is 0 Å². The largest absolute Gasteiger partial charge is 0.326 e. The summed E-state index contributed by atoms with van der Waals surface area (Å²) in [5, 5.41) is 0. The quantitative estimate of drug-likeness (QED) is 0.848. The van der Waals surface area contributed by atoms with E-state index in [1.807, 2.05) is 19.9 Å². The molecule has 2 N–H and O–H groups in total. The van der Waals surface area contributed by atoms with Crippen LogP contribution in [0.1, 0.15) is 30.0 Å². The lowest BCUT2D eigenvalue weighted by atomic mass is 10.0. The molecule has 0 aromatic heterocycles. The van der Waals surface area contributed by atoms with E-state index in [4.69, 9.17) is 5.73 Å². The molecule has 1 aromatic carbocycles. The van der Waals surface area contributed by atoms with Gasteiger partial charge in [0.15, 0.2) is 0 Å². The Morgan fingerprint density at radius 2 is 1.88 bits per heavy atom. The van der Waals surface area contributed by atoms with Crippen LogP contribution in [-0.2, 0) is 11.3 Å². The highest BCUT2D eigenvalue weighted by atomic mass is 16.2. The van der Waals surface area contributed by atoms with E-state index in [0.29, 0.717) is 13.0 Å². The molecule has 0 saturated carbocycles. The fraction of sp³-hybridized carbons (Fsp3) is 0.462. The molecular formula is C13H20N2O. The van der Waals surface area contributed by atoms with E-state index >= 15 is 0 Å². The maximum Gasteiger partial charge on any atom is 0.226 e. The Morgan fingerprint density at radius 3 is 2.38 bits per heavy atom. The fourth-order valence-corrected chi connectivity index (χ4v) is 1.71. The molecule has 16 heavy (non-hydrogen) atoms. The van der Waals surface area contributed by atoms with E-state index in [9.17, 15) is 4.79 Å². The Kier molecular flexibility index (Phi) is 4.07. The van der Waals surface area contributed by atoms with Gasteiger partial charge in [0.1, 0.15) is 0 Å². The van der Waals surface area contributed by atoms with Crippen molar-refractivity contribution in [3.63, 3.8) is 0 Å². The van der Waals surface area contributed by atoms with Gasteiger partial charge in [-0.2, -0.15) is 0 Å². The van der Waals surface area contributed by atoms with Crippen molar-refractivity contribution in [3.8, 4) is 0 Å². The van der Waals surface area contributed by atoms with Crippen LogP contribution in [0.3, 0.4) is 0 Å². The molecule has 0 unspecified atom stereocenters. The molecule has 0 aliphatic rings. The molecule has 88 valence electrons. The number of amides is 1. The van der Waals surface area contributed by atoms with Gasteiger partial charge in [-0.05, 0) is 36.6 Å². The number of anilines is 1. The number of nitrogens with zero attached hydrogens (tertiary/aromatic N) is 1. The van der Waals surface area contributed by atoms with Gasteiger partial charge in [-0.3, -0.25) is 4.79 Å². The van der Waals surface area contributed by atoms with E-state index in [1.54, 1.807) is 11.9 Å². The molecule has 0 aliphatic heterocycles. The zero-order valence-corrected chi connectivity index (χ0v) is 10.5. The number of carbonyl (C=O) groups excluding carboxylic acids is 1. The number of benzene rings is 1. The van der Waals surface area contributed by atoms with Gasteiger partial charge in [0.25, 0.3) is 0 Å². The van der Waals surface area contributed by atoms with Gasteiger partial charge in [0, 0.05) is 25.7 Å². The Bertz CT molecular complexity index is 399. The van der Waals surface area contributed by atoms with Gasteiger partial charge < -0.3 is 10.6 Å². The molecule has 0 saturated heterocycles. The standard InChI is InChI=1S/C13H20N2O/c1-5-13(16)15(4)12-7-10(3)9(2)6-11(12)8-14/h6-7H,5,8,14H2,1-4H3. The third-order valence-corrected chi connectivity index (χ3v) is 2.95. The third kappa shape index (κ3) is 2.42. The minimum Gasteiger partial charge on any atom is -0.326 e. The summed E-state index contributed by atoms with van der Waals surface area (Å²) in [6.07, 6.45) is 0.507. The van der Waals surface area contributed by atoms with Crippen LogP contribution in [0.25, 0.3) is 0 Å². The van der Waals surface area contributed by atoms with Crippen LogP contribution in [0.4, 0.5) is 5.69 Å². The zero-order chi connectivity index (χ0) is 12.3. The zero-order valence-electron chi connectivity index (χ0n) is 10.5. The minimum atomic E-state index is 0.109. The summed E-state index contributed by atoms with van der Waals surface area (Å²) in [6.45, 7) is 6.42. The lowest BCUT2D eigenvalue weighted by Gasteiger charge is -2.21. The first-order valence-electron chi connectivity index (χ1n) is 5.58. The molecule has 0 heterocycles. The van der Waals surface area contributed by atoms with E-state index in [1.165, 1.54) is 11.1 Å². The summed E-state index contributed by atoms with van der Waals surface area (Å²) in [5.41, 5.74) is 10.1. The van der Waals surface area contributed by atoms with Crippen molar-refractivity contribution < 1.29 is 4.79 Å². The Balaban J connectivity index is 3.21. The first-order chi connectivity index (χ1) is 7.51. The second-order valence-corrected chi connectivity index (χ2v) is 4.08.